The predicted molar refractivity (Wildman–Crippen MR) is 84.6 cm³/mol. The normalized spacial score (nSPS) is 18.8. The van der Waals surface area contributed by atoms with E-state index in [1.807, 2.05) is 21.0 Å². The number of carbonyl (C=O) groups excluding carboxylic acids is 1. The van der Waals surface area contributed by atoms with Crippen molar-refractivity contribution < 1.29 is 4.79 Å². The fraction of sp³-hybridized carbons (Fsp3) is 0.667. The third kappa shape index (κ3) is 3.62. The van der Waals surface area contributed by atoms with E-state index < -0.39 is 0 Å². The van der Waals surface area contributed by atoms with E-state index in [1.165, 1.54) is 0 Å². The van der Waals surface area contributed by atoms with Gasteiger partial charge in [0.25, 0.3) is 0 Å². The molecular formula is C15H25N5O. The lowest BCUT2D eigenvalue weighted by Crippen LogP contribution is -2.43. The van der Waals surface area contributed by atoms with E-state index >= 15 is 0 Å². The van der Waals surface area contributed by atoms with Crippen molar-refractivity contribution in [2.45, 2.75) is 45.6 Å². The van der Waals surface area contributed by atoms with Crippen molar-refractivity contribution >= 4 is 17.5 Å². The molecule has 1 aromatic heterocycles. The van der Waals surface area contributed by atoms with Crippen molar-refractivity contribution in [1.29, 1.82) is 0 Å². The Labute approximate surface area is 126 Å². The molecule has 6 nitrogen and oxygen atoms in total. The van der Waals surface area contributed by atoms with Crippen LogP contribution in [0.4, 0.5) is 11.6 Å². The summed E-state index contributed by atoms with van der Waals surface area (Å²) in [7, 11) is 3.73. The molecule has 1 fully saturated rings. The Kier molecular flexibility index (Phi) is 4.98. The zero-order chi connectivity index (χ0) is 15.4. The van der Waals surface area contributed by atoms with Gasteiger partial charge < -0.3 is 15.5 Å². The van der Waals surface area contributed by atoms with Crippen LogP contribution >= 0.6 is 0 Å². The molecule has 1 unspecified atom stereocenters. The first-order valence-corrected chi connectivity index (χ1v) is 7.60. The highest BCUT2D eigenvalue weighted by atomic mass is 16.2. The van der Waals surface area contributed by atoms with Crippen LogP contribution in [-0.4, -0.2) is 47.5 Å². The SMILES string of the molecule is CCCc1nc(NC)c(C)c(NC2CCC(=O)N(C)C2)n1. The van der Waals surface area contributed by atoms with E-state index in [2.05, 4.69) is 27.5 Å². The number of aromatic nitrogens is 2. The molecule has 1 saturated heterocycles. The van der Waals surface area contributed by atoms with Crippen LogP contribution in [0.1, 0.15) is 37.6 Å². The lowest BCUT2D eigenvalue weighted by Gasteiger charge is -2.31. The number of amides is 1. The van der Waals surface area contributed by atoms with Gasteiger partial charge in [0.05, 0.1) is 0 Å². The summed E-state index contributed by atoms with van der Waals surface area (Å²) in [5.41, 5.74) is 1.02. The number of hydrogen-bond donors (Lipinski definition) is 2. The average molecular weight is 291 g/mol. The van der Waals surface area contributed by atoms with Gasteiger partial charge in [-0.3, -0.25) is 4.79 Å². The molecule has 0 radical (unpaired) electrons. The van der Waals surface area contributed by atoms with Crippen molar-refractivity contribution in [3.05, 3.63) is 11.4 Å². The maximum atomic E-state index is 11.6. The quantitative estimate of drug-likeness (QED) is 0.866. The molecule has 0 aromatic carbocycles. The Hall–Kier alpha value is -1.85. The van der Waals surface area contributed by atoms with Crippen molar-refractivity contribution in [3.8, 4) is 0 Å². The number of likely N-dealkylation sites (N-methyl/N-ethyl adjacent to an activating group) is 1. The summed E-state index contributed by atoms with van der Waals surface area (Å²) in [6.45, 7) is 4.86. The van der Waals surface area contributed by atoms with Crippen LogP contribution in [-0.2, 0) is 11.2 Å². The summed E-state index contributed by atoms with van der Waals surface area (Å²) in [6, 6.07) is 0.250. The first-order valence-electron chi connectivity index (χ1n) is 7.60. The molecule has 1 atom stereocenters. The van der Waals surface area contributed by atoms with Gasteiger partial charge in [0.1, 0.15) is 17.5 Å². The maximum Gasteiger partial charge on any atom is 0.222 e. The Morgan fingerprint density at radius 1 is 1.33 bits per heavy atom. The Balaban J connectivity index is 2.18. The molecule has 1 aliphatic rings. The van der Waals surface area contributed by atoms with E-state index in [1.54, 1.807) is 4.90 Å². The highest BCUT2D eigenvalue weighted by Crippen LogP contribution is 2.23. The zero-order valence-corrected chi connectivity index (χ0v) is 13.4. The van der Waals surface area contributed by atoms with Gasteiger partial charge in [-0.1, -0.05) is 6.92 Å². The standard InChI is InChI=1S/C15H25N5O/c1-5-6-12-18-14(16-3)10(2)15(19-12)17-11-7-8-13(21)20(4)9-11/h11H,5-9H2,1-4H3,(H2,16,17,18,19). The third-order valence-corrected chi connectivity index (χ3v) is 3.87. The molecule has 0 spiro atoms. The van der Waals surface area contributed by atoms with Crippen LogP contribution in [0.2, 0.25) is 0 Å². The van der Waals surface area contributed by atoms with E-state index in [9.17, 15) is 4.79 Å². The summed E-state index contributed by atoms with van der Waals surface area (Å²) < 4.78 is 0. The molecule has 2 rings (SSSR count). The summed E-state index contributed by atoms with van der Waals surface area (Å²) in [6.07, 6.45) is 3.34. The molecule has 6 heteroatoms. The minimum absolute atomic E-state index is 0.218. The summed E-state index contributed by atoms with van der Waals surface area (Å²) in [4.78, 5) is 22.5. The highest BCUT2D eigenvalue weighted by Gasteiger charge is 2.24. The lowest BCUT2D eigenvalue weighted by atomic mass is 10.1. The number of carbonyl (C=O) groups is 1. The molecular weight excluding hydrogens is 266 g/mol. The third-order valence-electron chi connectivity index (χ3n) is 3.87. The molecule has 0 saturated carbocycles. The molecule has 1 amide bonds. The number of rotatable bonds is 5. The van der Waals surface area contributed by atoms with Gasteiger partial charge >= 0.3 is 0 Å². The summed E-state index contributed by atoms with van der Waals surface area (Å²) in [5.74, 6) is 2.83. The predicted octanol–water partition coefficient (Wildman–Crippen LogP) is 1.81. The first-order chi connectivity index (χ1) is 10.0. The van der Waals surface area contributed by atoms with Crippen LogP contribution in [0.15, 0.2) is 0 Å². The van der Waals surface area contributed by atoms with Gasteiger partial charge in [0, 0.05) is 45.1 Å². The molecule has 2 N–H and O–H groups in total. The fourth-order valence-corrected chi connectivity index (χ4v) is 2.61. The molecule has 1 aromatic rings. The molecule has 2 heterocycles. The minimum atomic E-state index is 0.218. The van der Waals surface area contributed by atoms with Crippen molar-refractivity contribution in [1.82, 2.24) is 14.9 Å². The van der Waals surface area contributed by atoms with Gasteiger partial charge in [-0.05, 0) is 19.8 Å². The first kappa shape index (κ1) is 15.5. The zero-order valence-electron chi connectivity index (χ0n) is 13.4. The molecule has 0 bridgehead atoms. The van der Waals surface area contributed by atoms with Gasteiger partial charge in [-0.15, -0.1) is 0 Å². The number of hydrogen-bond acceptors (Lipinski definition) is 5. The van der Waals surface area contributed by atoms with E-state index in [4.69, 9.17) is 0 Å². The molecule has 21 heavy (non-hydrogen) atoms. The molecule has 0 aliphatic carbocycles. The second-order valence-corrected chi connectivity index (χ2v) is 5.62. The summed E-state index contributed by atoms with van der Waals surface area (Å²) in [5, 5.41) is 6.62. The number of nitrogens with zero attached hydrogens (tertiary/aromatic N) is 3. The average Bonchev–Trinajstić information content (AvgIpc) is 2.46. The maximum absolute atomic E-state index is 11.6. The van der Waals surface area contributed by atoms with Gasteiger partial charge in [-0.2, -0.15) is 0 Å². The number of piperidine rings is 1. The minimum Gasteiger partial charge on any atom is -0.373 e. The van der Waals surface area contributed by atoms with Crippen LogP contribution < -0.4 is 10.6 Å². The van der Waals surface area contributed by atoms with E-state index in [0.717, 1.165) is 48.8 Å². The Morgan fingerprint density at radius 2 is 2.05 bits per heavy atom. The van der Waals surface area contributed by atoms with Gasteiger partial charge in [0.2, 0.25) is 5.91 Å². The largest absolute Gasteiger partial charge is 0.373 e. The monoisotopic (exact) mass is 291 g/mol. The number of nitrogens with one attached hydrogen (secondary N) is 2. The fourth-order valence-electron chi connectivity index (χ4n) is 2.61. The van der Waals surface area contributed by atoms with Crippen LogP contribution in [0.25, 0.3) is 0 Å². The van der Waals surface area contributed by atoms with Gasteiger partial charge in [0.15, 0.2) is 0 Å². The molecule has 116 valence electrons. The highest BCUT2D eigenvalue weighted by molar-refractivity contribution is 5.77. The second kappa shape index (κ2) is 6.74. The molecule has 1 aliphatic heterocycles. The number of anilines is 2. The van der Waals surface area contributed by atoms with E-state index in [-0.39, 0.29) is 11.9 Å². The van der Waals surface area contributed by atoms with Crippen molar-refractivity contribution in [3.63, 3.8) is 0 Å². The number of likely N-dealkylation sites (tertiary alicyclic amines) is 1. The lowest BCUT2D eigenvalue weighted by molar-refractivity contribution is -0.132. The number of aryl methyl sites for hydroxylation is 1. The van der Waals surface area contributed by atoms with Crippen molar-refractivity contribution in [2.75, 3.05) is 31.3 Å². The van der Waals surface area contributed by atoms with Gasteiger partial charge in [-0.25, -0.2) is 9.97 Å². The topological polar surface area (TPSA) is 70.2 Å². The van der Waals surface area contributed by atoms with Crippen molar-refractivity contribution in [2.24, 2.45) is 0 Å². The van der Waals surface area contributed by atoms with Crippen LogP contribution in [0.5, 0.6) is 0 Å². The Bertz CT molecular complexity index is 517. The van der Waals surface area contributed by atoms with Crippen LogP contribution in [0.3, 0.4) is 0 Å². The van der Waals surface area contributed by atoms with Crippen LogP contribution in [0, 0.1) is 6.92 Å². The smallest absolute Gasteiger partial charge is 0.222 e. The second-order valence-electron chi connectivity index (χ2n) is 5.62. The summed E-state index contributed by atoms with van der Waals surface area (Å²) >= 11 is 0. The van der Waals surface area contributed by atoms with E-state index in [0.29, 0.717) is 6.42 Å². The Morgan fingerprint density at radius 3 is 2.67 bits per heavy atom.